The molecule has 2 heterocycles. The van der Waals surface area contributed by atoms with Crippen molar-refractivity contribution in [1.82, 2.24) is 9.37 Å². The molecule has 1 atom stereocenters. The van der Waals surface area contributed by atoms with Crippen molar-refractivity contribution in [3.05, 3.63) is 69.8 Å². The van der Waals surface area contributed by atoms with Crippen LogP contribution in [0.15, 0.2) is 36.4 Å². The largest absolute Gasteiger partial charge is 0.550 e. The van der Waals surface area contributed by atoms with E-state index in [1.807, 2.05) is 0 Å². The van der Waals surface area contributed by atoms with Gasteiger partial charge < -0.3 is 0 Å². The van der Waals surface area contributed by atoms with Crippen molar-refractivity contribution < 1.29 is 98.0 Å². The number of nitrogens with zero attached hydrogens (tertiary/aromatic N) is 2. The lowest BCUT2D eigenvalue weighted by atomic mass is 9.71. The summed E-state index contributed by atoms with van der Waals surface area (Å²) in [5, 5.41) is -1.08. The zero-order valence-corrected chi connectivity index (χ0v) is 22.9. The first-order valence-corrected chi connectivity index (χ1v) is 13.7. The molecule has 0 fully saturated rings. The molecule has 0 N–H and O–H groups in total. The Hall–Kier alpha value is -4.14. The van der Waals surface area contributed by atoms with Crippen LogP contribution in [-0.4, -0.2) is 69.8 Å². The van der Waals surface area contributed by atoms with Crippen LogP contribution in [-0.2, 0) is 40.3 Å². The predicted octanol–water partition coefficient (Wildman–Crippen LogP) is 4.12. The van der Waals surface area contributed by atoms with Gasteiger partial charge in [-0.2, -0.15) is 52.2 Å². The average Bonchev–Trinajstić information content (AvgIpc) is 3.29. The topological polar surface area (TPSA) is 154 Å². The molecule has 26 heteroatoms. The summed E-state index contributed by atoms with van der Waals surface area (Å²) in [7, 11) is -6.76. The normalized spacial score (nSPS) is 17.0. The van der Waals surface area contributed by atoms with E-state index >= 15 is 0 Å². The maximum Gasteiger partial charge on any atom is 0.550 e. The smallest absolute Gasteiger partial charge is 0.267 e. The van der Waals surface area contributed by atoms with E-state index < -0.39 is 117 Å². The van der Waals surface area contributed by atoms with Gasteiger partial charge in [0.1, 0.15) is 0 Å². The van der Waals surface area contributed by atoms with E-state index in [4.69, 9.17) is 0 Å². The molecule has 12 nitrogen and oxygen atoms in total. The Bertz CT molecular complexity index is 1840. The van der Waals surface area contributed by atoms with Crippen LogP contribution in [0.2, 0.25) is 0 Å². The molecular weight excluding hydrogens is 732 g/mol. The first-order valence-electron chi connectivity index (χ1n) is 11.2. The first kappa shape index (κ1) is 35.7. The second-order valence-corrected chi connectivity index (χ2v) is 11.3. The maximum atomic E-state index is 14.7. The van der Waals surface area contributed by atoms with Crippen molar-refractivity contribution in [2.45, 2.75) is 29.6 Å². The van der Waals surface area contributed by atoms with Gasteiger partial charge in [0.25, 0.3) is 23.6 Å². The van der Waals surface area contributed by atoms with Crippen LogP contribution < -0.4 is 0 Å². The quantitative estimate of drug-likeness (QED) is 0.133. The van der Waals surface area contributed by atoms with Crippen molar-refractivity contribution in [3.63, 3.8) is 0 Å². The maximum absolute atomic E-state index is 14.7. The van der Waals surface area contributed by atoms with Crippen LogP contribution in [0.25, 0.3) is 0 Å². The third-order valence-electron chi connectivity index (χ3n) is 6.21. The summed E-state index contributed by atoms with van der Waals surface area (Å²) < 4.78 is 203. The highest BCUT2D eigenvalue weighted by atomic mass is 32.2. The number of fused-ring (bicyclic) bond motifs is 2. The molecule has 0 saturated heterocycles. The SMILES string of the molecule is O=C1c2ccc(C(c3ccc4c(c3)C(=O)N(S(=O)OOC(F)(F)F)C4=O)(C(F)(F)F)C(F)(F)F)cc2C(=O)N1OS(=O)(=O)C(F)(F)F. The molecule has 0 spiro atoms. The fourth-order valence-electron chi connectivity index (χ4n) is 4.33. The molecule has 2 aliphatic heterocycles. The van der Waals surface area contributed by atoms with Gasteiger partial charge in [0, 0.05) is 0 Å². The summed E-state index contributed by atoms with van der Waals surface area (Å²) in [6, 6.07) is -0.329. The number of hydrogen-bond donors (Lipinski definition) is 0. The summed E-state index contributed by atoms with van der Waals surface area (Å²) in [5.41, 5.74) is -20.7. The van der Waals surface area contributed by atoms with Crippen LogP contribution in [0, 0.1) is 0 Å². The molecule has 0 bridgehead atoms. The fourth-order valence-corrected chi connectivity index (χ4v) is 5.41. The molecule has 47 heavy (non-hydrogen) atoms. The lowest BCUT2D eigenvalue weighted by molar-refractivity contribution is -0.442. The van der Waals surface area contributed by atoms with Gasteiger partial charge in [-0.3, -0.25) is 19.2 Å². The third kappa shape index (κ3) is 5.72. The van der Waals surface area contributed by atoms with E-state index in [0.29, 0.717) is 0 Å². The third-order valence-corrected chi connectivity index (χ3v) is 7.93. The van der Waals surface area contributed by atoms with Crippen LogP contribution in [0.1, 0.15) is 52.6 Å². The highest BCUT2D eigenvalue weighted by Gasteiger charge is 2.73. The van der Waals surface area contributed by atoms with Crippen LogP contribution >= 0.6 is 0 Å². The molecule has 2 aromatic rings. The summed E-state index contributed by atoms with van der Waals surface area (Å²) in [6.07, 6.45) is -18.7. The number of imide groups is 2. The molecule has 2 aliphatic rings. The predicted molar refractivity (Wildman–Crippen MR) is 119 cm³/mol. The Labute approximate surface area is 252 Å². The summed E-state index contributed by atoms with van der Waals surface area (Å²) >= 11 is -3.80. The van der Waals surface area contributed by atoms with Crippen LogP contribution in [0.5, 0.6) is 0 Å². The second kappa shape index (κ2) is 11.0. The Balaban J connectivity index is 1.87. The number of amides is 4. The average molecular weight is 738 g/mol. The van der Waals surface area contributed by atoms with E-state index in [9.17, 15) is 84.5 Å². The van der Waals surface area contributed by atoms with Crippen molar-refractivity contribution in [3.8, 4) is 0 Å². The lowest BCUT2D eigenvalue weighted by Gasteiger charge is -2.38. The Morgan fingerprint density at radius 3 is 1.45 bits per heavy atom. The number of carbonyl (C=O) groups is 4. The van der Waals surface area contributed by atoms with Crippen molar-refractivity contribution in [2.75, 3.05) is 0 Å². The van der Waals surface area contributed by atoms with Gasteiger partial charge in [0.15, 0.2) is 0 Å². The monoisotopic (exact) mass is 738 g/mol. The highest BCUT2D eigenvalue weighted by Crippen LogP contribution is 2.57. The number of hydrogen-bond acceptors (Lipinski definition) is 10. The van der Waals surface area contributed by atoms with Gasteiger partial charge in [0.2, 0.25) is 5.41 Å². The molecule has 256 valence electrons. The molecule has 0 aliphatic carbocycles. The van der Waals surface area contributed by atoms with Crippen molar-refractivity contribution in [2.24, 2.45) is 0 Å². The van der Waals surface area contributed by atoms with E-state index in [1.165, 1.54) is 0 Å². The number of alkyl halides is 12. The molecule has 0 aromatic heterocycles. The fraction of sp³-hybridized carbons (Fsp3) is 0.238. The summed E-state index contributed by atoms with van der Waals surface area (Å²) in [5.74, 6) is -8.13. The number of carbonyl (C=O) groups excluding carboxylic acids is 4. The molecule has 2 aromatic carbocycles. The van der Waals surface area contributed by atoms with Crippen molar-refractivity contribution in [1.29, 1.82) is 0 Å². The van der Waals surface area contributed by atoms with E-state index in [0.717, 1.165) is 0 Å². The van der Waals surface area contributed by atoms with Crippen molar-refractivity contribution >= 4 is 45.0 Å². The first-order chi connectivity index (χ1) is 21.2. The molecular formula is C21H6F12N2O10S2. The van der Waals surface area contributed by atoms with Gasteiger partial charge >= 0.3 is 45.6 Å². The summed E-state index contributed by atoms with van der Waals surface area (Å²) in [6.45, 7) is 0. The van der Waals surface area contributed by atoms with Gasteiger partial charge in [-0.1, -0.05) is 12.1 Å². The molecule has 0 radical (unpaired) electrons. The van der Waals surface area contributed by atoms with E-state index in [2.05, 4.69) is 13.5 Å². The zero-order chi connectivity index (χ0) is 35.9. The number of rotatable bonds is 7. The van der Waals surface area contributed by atoms with Gasteiger partial charge in [-0.05, 0) is 35.4 Å². The molecule has 0 saturated carbocycles. The molecule has 4 amide bonds. The number of hydroxylamine groups is 2. The lowest BCUT2D eigenvalue weighted by Crippen LogP contribution is -2.55. The Morgan fingerprint density at radius 1 is 0.617 bits per heavy atom. The Kier molecular flexibility index (Phi) is 8.33. The van der Waals surface area contributed by atoms with Gasteiger partial charge in [0.05, 0.1) is 22.3 Å². The minimum absolute atomic E-state index is 0.0317. The standard InChI is InChI=1S/C21H6F12N2O10S2/c22-18(23,24)17(19(25,26)27,7-1-3-9-11(5-7)14(37)34(13(9)36)44-47(41,42)21(31,32)33)8-2-4-10-12(6-8)16(39)35(15(10)38)46(40)45-43-20(28,29)30/h1-6H. The number of halogens is 12. The molecule has 4 rings (SSSR count). The van der Waals surface area contributed by atoms with Gasteiger partial charge in [-0.25, -0.2) is 4.21 Å². The summed E-state index contributed by atoms with van der Waals surface area (Å²) in [4.78, 5) is 52.7. The Morgan fingerprint density at radius 2 is 1.02 bits per heavy atom. The van der Waals surface area contributed by atoms with E-state index in [-0.39, 0.29) is 36.4 Å². The van der Waals surface area contributed by atoms with Crippen LogP contribution in [0.4, 0.5) is 52.7 Å². The minimum Gasteiger partial charge on any atom is -0.267 e. The molecule has 1 unspecified atom stereocenters. The van der Waals surface area contributed by atoms with E-state index in [1.54, 1.807) is 0 Å². The minimum atomic E-state index is -6.76. The second-order valence-electron chi connectivity index (χ2n) is 8.86. The van der Waals surface area contributed by atoms with Gasteiger partial charge in [-0.15, -0.1) is 31.7 Å². The number of benzene rings is 2. The van der Waals surface area contributed by atoms with Crippen LogP contribution in [0.3, 0.4) is 0 Å². The zero-order valence-electron chi connectivity index (χ0n) is 21.3. The highest BCUT2D eigenvalue weighted by molar-refractivity contribution is 7.87.